The lowest BCUT2D eigenvalue weighted by molar-refractivity contribution is 0.408. The normalized spacial score (nSPS) is 12.7. The Kier molecular flexibility index (Phi) is 3.81. The molecule has 0 saturated heterocycles. The molecule has 6 heteroatoms. The Bertz CT molecular complexity index is 802. The molecule has 0 fully saturated rings. The topological polar surface area (TPSA) is 69.9 Å². The number of benzene rings is 1. The number of nitrogens with one attached hydrogen (secondary N) is 3. The van der Waals surface area contributed by atoms with Gasteiger partial charge in [-0.05, 0) is 35.7 Å². The molecule has 2 heterocycles. The van der Waals surface area contributed by atoms with Crippen molar-refractivity contribution in [1.82, 2.24) is 15.3 Å². The number of H-pyrrole nitrogens is 2. The molecule has 0 aliphatic rings. The summed E-state index contributed by atoms with van der Waals surface area (Å²) in [4.78, 5) is 18.1. The predicted octanol–water partition coefficient (Wildman–Crippen LogP) is 2.63. The van der Waals surface area contributed by atoms with Crippen LogP contribution in [-0.2, 0) is 0 Å². The summed E-state index contributed by atoms with van der Waals surface area (Å²) >= 11 is 1.66. The summed E-state index contributed by atoms with van der Waals surface area (Å²) < 4.78 is 5.43. The van der Waals surface area contributed by atoms with E-state index in [1.165, 1.54) is 0 Å². The molecular formula is C15H17N3O2S. The molecule has 0 amide bonds. The maximum absolute atomic E-state index is 11.4. The molecule has 0 saturated carbocycles. The first-order valence-corrected chi connectivity index (χ1v) is 7.67. The monoisotopic (exact) mass is 303 g/mol. The summed E-state index contributed by atoms with van der Waals surface area (Å²) in [6.45, 7) is 2.91. The van der Waals surface area contributed by atoms with E-state index in [1.807, 2.05) is 29.6 Å². The quantitative estimate of drug-likeness (QED) is 0.678. The zero-order chi connectivity index (χ0) is 14.8. The molecule has 0 bridgehead atoms. The summed E-state index contributed by atoms with van der Waals surface area (Å²) in [5.41, 5.74) is 2.55. The first-order chi connectivity index (χ1) is 10.2. The third-order valence-electron chi connectivity index (χ3n) is 3.42. The molecule has 0 aliphatic heterocycles. The molecule has 0 radical (unpaired) electrons. The summed E-state index contributed by atoms with van der Waals surface area (Å²) in [7, 11) is 1.68. The number of aromatic amines is 2. The van der Waals surface area contributed by atoms with Crippen molar-refractivity contribution in [2.75, 3.05) is 13.7 Å². The van der Waals surface area contributed by atoms with E-state index in [4.69, 9.17) is 4.74 Å². The van der Waals surface area contributed by atoms with Gasteiger partial charge in [-0.1, -0.05) is 13.0 Å². The van der Waals surface area contributed by atoms with Crippen molar-refractivity contribution in [1.29, 1.82) is 0 Å². The minimum absolute atomic E-state index is 0.0488. The van der Waals surface area contributed by atoms with Gasteiger partial charge in [0, 0.05) is 0 Å². The minimum atomic E-state index is -0.184. The van der Waals surface area contributed by atoms with Gasteiger partial charge in [0.1, 0.15) is 5.75 Å². The van der Waals surface area contributed by atoms with Crippen molar-refractivity contribution in [3.63, 3.8) is 0 Å². The largest absolute Gasteiger partial charge is 0.496 e. The van der Waals surface area contributed by atoms with Crippen molar-refractivity contribution in [2.45, 2.75) is 13.0 Å². The Morgan fingerprint density at radius 2 is 2.10 bits per heavy atom. The number of hydrogen-bond acceptors (Lipinski definition) is 4. The zero-order valence-electron chi connectivity index (χ0n) is 11.9. The number of thiophene rings is 1. The van der Waals surface area contributed by atoms with Gasteiger partial charge in [0.05, 0.1) is 29.1 Å². The average molecular weight is 303 g/mol. The fraction of sp³-hybridized carbons (Fsp3) is 0.267. The number of rotatable bonds is 5. The van der Waals surface area contributed by atoms with Crippen LogP contribution in [-0.4, -0.2) is 23.6 Å². The second-order valence-electron chi connectivity index (χ2n) is 4.73. The predicted molar refractivity (Wildman–Crippen MR) is 85.3 cm³/mol. The number of ether oxygens (including phenoxy) is 1. The Balaban J connectivity index is 2.08. The van der Waals surface area contributed by atoms with Gasteiger partial charge in [-0.25, -0.2) is 4.79 Å². The number of methoxy groups -OCH3 is 1. The van der Waals surface area contributed by atoms with E-state index < -0.39 is 0 Å². The summed E-state index contributed by atoms with van der Waals surface area (Å²) in [5.74, 6) is 0.883. The first kappa shape index (κ1) is 13.9. The van der Waals surface area contributed by atoms with E-state index in [9.17, 15) is 4.79 Å². The third kappa shape index (κ3) is 2.59. The van der Waals surface area contributed by atoms with E-state index in [0.717, 1.165) is 33.8 Å². The smallest absolute Gasteiger partial charge is 0.323 e. The van der Waals surface area contributed by atoms with Crippen molar-refractivity contribution in [3.05, 3.63) is 50.6 Å². The first-order valence-electron chi connectivity index (χ1n) is 6.79. The molecule has 110 valence electrons. The van der Waals surface area contributed by atoms with Gasteiger partial charge in [-0.2, -0.15) is 0 Å². The maximum atomic E-state index is 11.4. The number of hydrogen-bond donors (Lipinski definition) is 3. The van der Waals surface area contributed by atoms with Crippen LogP contribution in [0.1, 0.15) is 23.4 Å². The Hall–Kier alpha value is -2.05. The van der Waals surface area contributed by atoms with Crippen LogP contribution in [0.5, 0.6) is 5.75 Å². The molecule has 21 heavy (non-hydrogen) atoms. The minimum Gasteiger partial charge on any atom is -0.496 e. The fourth-order valence-electron chi connectivity index (χ4n) is 2.48. The Morgan fingerprint density at radius 1 is 1.29 bits per heavy atom. The SMILES string of the molecule is CCNC(c1ccc2[nH]c(=O)[nH]c2c1)c1sccc1OC. The third-order valence-corrected chi connectivity index (χ3v) is 4.38. The molecule has 0 aliphatic carbocycles. The van der Waals surface area contributed by atoms with Gasteiger partial charge >= 0.3 is 5.69 Å². The van der Waals surface area contributed by atoms with Crippen molar-refractivity contribution < 1.29 is 4.74 Å². The lowest BCUT2D eigenvalue weighted by Crippen LogP contribution is -2.21. The molecular weight excluding hydrogens is 286 g/mol. The van der Waals surface area contributed by atoms with Crippen LogP contribution < -0.4 is 15.7 Å². The zero-order valence-corrected chi connectivity index (χ0v) is 12.7. The van der Waals surface area contributed by atoms with Gasteiger partial charge in [0.2, 0.25) is 0 Å². The van der Waals surface area contributed by atoms with Crippen molar-refractivity contribution >= 4 is 22.4 Å². The van der Waals surface area contributed by atoms with Gasteiger partial charge in [0.15, 0.2) is 0 Å². The molecule has 0 spiro atoms. The molecule has 3 N–H and O–H groups in total. The lowest BCUT2D eigenvalue weighted by Gasteiger charge is -2.18. The second kappa shape index (κ2) is 5.75. The van der Waals surface area contributed by atoms with Gasteiger partial charge < -0.3 is 20.0 Å². The molecule has 3 aromatic rings. The van der Waals surface area contributed by atoms with Crippen LogP contribution >= 0.6 is 11.3 Å². The molecule has 5 nitrogen and oxygen atoms in total. The molecule has 1 atom stereocenters. The highest BCUT2D eigenvalue weighted by molar-refractivity contribution is 7.10. The highest BCUT2D eigenvalue weighted by Gasteiger charge is 2.19. The van der Waals surface area contributed by atoms with Crippen molar-refractivity contribution in [2.24, 2.45) is 0 Å². The lowest BCUT2D eigenvalue weighted by atomic mass is 10.0. The fourth-order valence-corrected chi connectivity index (χ4v) is 3.45. The molecule has 3 rings (SSSR count). The molecule has 1 unspecified atom stereocenters. The van der Waals surface area contributed by atoms with Crippen molar-refractivity contribution in [3.8, 4) is 5.75 Å². The summed E-state index contributed by atoms with van der Waals surface area (Å²) in [6, 6.07) is 7.97. The van der Waals surface area contributed by atoms with E-state index in [2.05, 4.69) is 22.2 Å². The van der Waals surface area contributed by atoms with Gasteiger partial charge in [-0.15, -0.1) is 11.3 Å². The van der Waals surface area contributed by atoms with E-state index >= 15 is 0 Å². The standard InChI is InChI=1S/C15H17N3O2S/c1-3-16-13(14-12(20-2)6-7-21-14)9-4-5-10-11(8-9)18-15(19)17-10/h4-8,13,16H,3H2,1-2H3,(H2,17,18,19). The van der Waals surface area contributed by atoms with Gasteiger partial charge in [0.25, 0.3) is 0 Å². The van der Waals surface area contributed by atoms with Gasteiger partial charge in [-0.3, -0.25) is 0 Å². The Morgan fingerprint density at radius 3 is 2.86 bits per heavy atom. The number of aromatic nitrogens is 2. The number of fused-ring (bicyclic) bond motifs is 1. The van der Waals surface area contributed by atoms with E-state index in [0.29, 0.717) is 0 Å². The summed E-state index contributed by atoms with van der Waals surface area (Å²) in [5, 5.41) is 5.50. The Labute approximate surface area is 126 Å². The average Bonchev–Trinajstić information content (AvgIpc) is 3.08. The molecule has 2 aromatic heterocycles. The highest BCUT2D eigenvalue weighted by Crippen LogP contribution is 2.35. The van der Waals surface area contributed by atoms with E-state index in [-0.39, 0.29) is 11.7 Å². The van der Waals surface area contributed by atoms with Crippen LogP contribution in [0.2, 0.25) is 0 Å². The summed E-state index contributed by atoms with van der Waals surface area (Å²) in [6.07, 6.45) is 0. The number of imidazole rings is 1. The van der Waals surface area contributed by atoms with Crippen LogP contribution in [0.15, 0.2) is 34.4 Å². The second-order valence-corrected chi connectivity index (χ2v) is 5.68. The van der Waals surface area contributed by atoms with Crippen LogP contribution in [0.3, 0.4) is 0 Å². The maximum Gasteiger partial charge on any atom is 0.323 e. The molecule has 1 aromatic carbocycles. The van der Waals surface area contributed by atoms with E-state index in [1.54, 1.807) is 18.4 Å². The van der Waals surface area contributed by atoms with Crippen LogP contribution in [0, 0.1) is 0 Å². The van der Waals surface area contributed by atoms with Crippen LogP contribution in [0.4, 0.5) is 0 Å². The highest BCUT2D eigenvalue weighted by atomic mass is 32.1. The van der Waals surface area contributed by atoms with Crippen LogP contribution in [0.25, 0.3) is 11.0 Å².